The molecule has 160 valence electrons. The van der Waals surface area contributed by atoms with Gasteiger partial charge in [-0.2, -0.15) is 5.26 Å². The monoisotopic (exact) mass is 444 g/mol. The van der Waals surface area contributed by atoms with E-state index in [0.29, 0.717) is 27.3 Å². The maximum Gasteiger partial charge on any atom is 0.270 e. The number of unbranched alkanes of at least 4 members (excludes halogenated alkanes) is 1. The molecule has 6 nitrogen and oxygen atoms in total. The van der Waals surface area contributed by atoms with Gasteiger partial charge in [0.1, 0.15) is 21.8 Å². The molecule has 0 saturated carbocycles. The Balaban J connectivity index is 2.12. The first-order valence-electron chi connectivity index (χ1n) is 10.4. The van der Waals surface area contributed by atoms with E-state index in [1.54, 1.807) is 23.4 Å². The first kappa shape index (κ1) is 22.6. The number of carbonyl (C=O) groups is 1. The first-order valence-corrected chi connectivity index (χ1v) is 11.7. The number of thiocarbonyl (C=S) groups is 1. The highest BCUT2D eigenvalue weighted by molar-refractivity contribution is 8.26. The van der Waals surface area contributed by atoms with E-state index >= 15 is 0 Å². The second-order valence-electron chi connectivity index (χ2n) is 8.07. The molecule has 0 aromatic carbocycles. The summed E-state index contributed by atoms with van der Waals surface area (Å²) in [5.74, 6) is 1.33. The van der Waals surface area contributed by atoms with Crippen LogP contribution >= 0.6 is 24.0 Å². The van der Waals surface area contributed by atoms with Crippen molar-refractivity contribution < 1.29 is 4.79 Å². The smallest absolute Gasteiger partial charge is 0.270 e. The maximum absolute atomic E-state index is 13.0. The molecule has 3 rings (SSSR count). The van der Waals surface area contributed by atoms with Crippen molar-refractivity contribution in [1.82, 2.24) is 9.47 Å². The fourth-order valence-electron chi connectivity index (χ4n) is 3.95. The third-order valence-electron chi connectivity index (χ3n) is 5.94. The van der Waals surface area contributed by atoms with Crippen LogP contribution in [0, 0.1) is 24.2 Å². The molecule has 30 heavy (non-hydrogen) atoms. The van der Waals surface area contributed by atoms with E-state index in [-0.39, 0.29) is 17.0 Å². The molecule has 0 unspecified atom stereocenters. The molecule has 2 fully saturated rings. The first-order chi connectivity index (χ1) is 14.3. The predicted molar refractivity (Wildman–Crippen MR) is 127 cm³/mol. The van der Waals surface area contributed by atoms with Crippen LogP contribution < -0.4 is 10.5 Å². The Morgan fingerprint density at radius 1 is 1.30 bits per heavy atom. The normalized spacial score (nSPS) is 19.1. The van der Waals surface area contributed by atoms with Gasteiger partial charge in [-0.3, -0.25) is 19.1 Å². The third-order valence-corrected chi connectivity index (χ3v) is 7.31. The minimum absolute atomic E-state index is 0.0940. The predicted octanol–water partition coefficient (Wildman–Crippen LogP) is 3.80. The number of nitrogens with zero attached hydrogens (tertiary/aromatic N) is 4. The zero-order chi connectivity index (χ0) is 22.0. The molecule has 0 spiro atoms. The average molecular weight is 445 g/mol. The van der Waals surface area contributed by atoms with Gasteiger partial charge in [0.25, 0.3) is 11.5 Å². The van der Waals surface area contributed by atoms with Crippen LogP contribution in [0.2, 0.25) is 0 Å². The number of thioether (sulfide) groups is 1. The summed E-state index contributed by atoms with van der Waals surface area (Å²) in [7, 11) is 1.71. The highest BCUT2D eigenvalue weighted by atomic mass is 32.2. The molecule has 0 atom stereocenters. The van der Waals surface area contributed by atoms with Crippen LogP contribution in [0.5, 0.6) is 0 Å². The Labute approximate surface area is 187 Å². The molecule has 0 N–H and O–H groups in total. The molecule has 1 aromatic heterocycles. The molecule has 0 bridgehead atoms. The maximum atomic E-state index is 13.0. The van der Waals surface area contributed by atoms with Crippen molar-refractivity contribution in [3.05, 3.63) is 31.9 Å². The van der Waals surface area contributed by atoms with Crippen LogP contribution in [0.15, 0.2) is 9.70 Å². The van der Waals surface area contributed by atoms with Gasteiger partial charge in [0.05, 0.1) is 4.91 Å². The van der Waals surface area contributed by atoms with Gasteiger partial charge in [-0.05, 0) is 43.7 Å². The van der Waals surface area contributed by atoms with Crippen molar-refractivity contribution in [3.8, 4) is 6.07 Å². The number of piperidine rings is 1. The number of hydrogen-bond acceptors (Lipinski definition) is 6. The lowest BCUT2D eigenvalue weighted by molar-refractivity contribution is -0.122. The van der Waals surface area contributed by atoms with Gasteiger partial charge in [0.2, 0.25) is 0 Å². The number of aromatic nitrogens is 1. The Kier molecular flexibility index (Phi) is 7.04. The fraction of sp³-hybridized carbons (Fsp3) is 0.545. The molecule has 0 aliphatic carbocycles. The molecule has 2 aliphatic rings. The average Bonchev–Trinajstić information content (AvgIpc) is 2.99. The van der Waals surface area contributed by atoms with Gasteiger partial charge in [-0.15, -0.1) is 0 Å². The molecular formula is C22H28N4O2S2. The van der Waals surface area contributed by atoms with Crippen molar-refractivity contribution in [3.63, 3.8) is 0 Å². The highest BCUT2D eigenvalue weighted by Crippen LogP contribution is 2.36. The van der Waals surface area contributed by atoms with Crippen LogP contribution in [-0.4, -0.2) is 39.3 Å². The molecule has 2 saturated heterocycles. The molecule has 2 aliphatic heterocycles. The van der Waals surface area contributed by atoms with Gasteiger partial charge in [-0.25, -0.2) is 0 Å². The van der Waals surface area contributed by atoms with Crippen molar-refractivity contribution in [2.45, 2.75) is 46.5 Å². The van der Waals surface area contributed by atoms with E-state index in [9.17, 15) is 14.9 Å². The van der Waals surface area contributed by atoms with Gasteiger partial charge in [0.15, 0.2) is 0 Å². The molecule has 1 amide bonds. The standard InChI is InChI=1S/C22H28N4O2S2/c1-5-6-9-26-21(28)18(30-22(26)29)12-16-15(3)17(13-23)20(27)24(4)19(16)25-10-7-14(2)8-11-25/h12,14H,5-11H2,1-4H3. The summed E-state index contributed by atoms with van der Waals surface area (Å²) in [5.41, 5.74) is 1.21. The minimum atomic E-state index is -0.295. The van der Waals surface area contributed by atoms with Crippen molar-refractivity contribution in [1.29, 1.82) is 5.26 Å². The van der Waals surface area contributed by atoms with Gasteiger partial charge in [0, 0.05) is 32.2 Å². The topological polar surface area (TPSA) is 69.3 Å². The Hall–Kier alpha value is -2.11. The van der Waals surface area contributed by atoms with Crippen LogP contribution in [-0.2, 0) is 11.8 Å². The zero-order valence-corrected chi connectivity index (χ0v) is 19.7. The lowest BCUT2D eigenvalue weighted by atomic mass is 9.97. The zero-order valence-electron chi connectivity index (χ0n) is 18.0. The van der Waals surface area contributed by atoms with Crippen LogP contribution in [0.4, 0.5) is 5.82 Å². The Morgan fingerprint density at radius 2 is 1.97 bits per heavy atom. The number of hydrogen-bond donors (Lipinski definition) is 0. The molecule has 8 heteroatoms. The van der Waals surface area contributed by atoms with Crippen molar-refractivity contribution >= 4 is 46.1 Å². The van der Waals surface area contributed by atoms with E-state index in [4.69, 9.17) is 12.2 Å². The van der Waals surface area contributed by atoms with Crippen LogP contribution in [0.25, 0.3) is 6.08 Å². The largest absolute Gasteiger partial charge is 0.357 e. The number of carbonyl (C=O) groups excluding carboxylic acids is 1. The minimum Gasteiger partial charge on any atom is -0.357 e. The molecule has 3 heterocycles. The molecule has 1 aromatic rings. The van der Waals surface area contributed by atoms with Crippen LogP contribution in [0.3, 0.4) is 0 Å². The Bertz CT molecular complexity index is 998. The van der Waals surface area contributed by atoms with E-state index < -0.39 is 0 Å². The second-order valence-corrected chi connectivity index (χ2v) is 9.75. The van der Waals surface area contributed by atoms with E-state index in [2.05, 4.69) is 24.8 Å². The van der Waals surface area contributed by atoms with Crippen molar-refractivity contribution in [2.24, 2.45) is 13.0 Å². The highest BCUT2D eigenvalue weighted by Gasteiger charge is 2.33. The van der Waals surface area contributed by atoms with Gasteiger partial charge in [-0.1, -0.05) is 44.2 Å². The molecular weight excluding hydrogens is 416 g/mol. The number of nitriles is 1. The van der Waals surface area contributed by atoms with E-state index in [0.717, 1.165) is 50.2 Å². The lowest BCUT2D eigenvalue weighted by Crippen LogP contribution is -2.38. The summed E-state index contributed by atoms with van der Waals surface area (Å²) in [6, 6.07) is 2.05. The summed E-state index contributed by atoms with van der Waals surface area (Å²) < 4.78 is 2.13. The number of anilines is 1. The fourth-order valence-corrected chi connectivity index (χ4v) is 5.25. The number of amides is 1. The van der Waals surface area contributed by atoms with Crippen LogP contribution in [0.1, 0.15) is 56.2 Å². The van der Waals surface area contributed by atoms with Crippen molar-refractivity contribution in [2.75, 3.05) is 24.5 Å². The van der Waals surface area contributed by atoms with Gasteiger partial charge >= 0.3 is 0 Å². The van der Waals surface area contributed by atoms with E-state index in [1.165, 1.54) is 11.8 Å². The third kappa shape index (κ3) is 4.19. The van der Waals surface area contributed by atoms with E-state index in [1.807, 2.05) is 6.08 Å². The summed E-state index contributed by atoms with van der Waals surface area (Å²) in [6.07, 6.45) is 5.80. The summed E-state index contributed by atoms with van der Waals surface area (Å²) in [6.45, 7) is 8.42. The summed E-state index contributed by atoms with van der Waals surface area (Å²) >= 11 is 6.73. The quantitative estimate of drug-likeness (QED) is 0.508. The van der Waals surface area contributed by atoms with Gasteiger partial charge < -0.3 is 4.90 Å². The second kappa shape index (κ2) is 9.36. The SMILES string of the molecule is CCCCN1C(=O)C(=Cc2c(C)c(C#N)c(=O)n(C)c2N2CCC(C)CC2)SC1=S. The summed E-state index contributed by atoms with van der Waals surface area (Å²) in [5, 5.41) is 9.58. The molecule has 0 radical (unpaired) electrons. The Morgan fingerprint density at radius 3 is 2.57 bits per heavy atom. The summed E-state index contributed by atoms with van der Waals surface area (Å²) in [4.78, 5) is 30.2. The number of pyridine rings is 1. The number of rotatable bonds is 5. The lowest BCUT2D eigenvalue weighted by Gasteiger charge is -2.34.